The summed E-state index contributed by atoms with van der Waals surface area (Å²) in [5.41, 5.74) is 6.47. The summed E-state index contributed by atoms with van der Waals surface area (Å²) in [6, 6.07) is 6.48. The number of aliphatic hydroxyl groups is 1. The minimum Gasteiger partial charge on any atom is -0.395 e. The molecule has 20 heavy (non-hydrogen) atoms. The fraction of sp³-hybridized carbons (Fsp3) is 0.308. The summed E-state index contributed by atoms with van der Waals surface area (Å²) in [6.45, 7) is 1.81. The van der Waals surface area contributed by atoms with E-state index in [1.807, 2.05) is 11.0 Å². The molecule has 0 atom stereocenters. The Morgan fingerprint density at radius 1 is 1.35 bits per heavy atom. The predicted octanol–water partition coefficient (Wildman–Crippen LogP) is 2.28. The van der Waals surface area contributed by atoms with Crippen molar-refractivity contribution in [3.8, 4) is 0 Å². The number of halogens is 2. The van der Waals surface area contributed by atoms with Crippen molar-refractivity contribution >= 4 is 28.9 Å². The van der Waals surface area contributed by atoms with Gasteiger partial charge < -0.3 is 10.8 Å². The van der Waals surface area contributed by atoms with Gasteiger partial charge in [0.2, 0.25) is 0 Å². The first kappa shape index (κ1) is 16.8. The van der Waals surface area contributed by atoms with Gasteiger partial charge in [0.1, 0.15) is 5.82 Å². The quantitative estimate of drug-likeness (QED) is 0.858. The molecule has 110 valence electrons. The van der Waals surface area contributed by atoms with Crippen LogP contribution in [0.3, 0.4) is 0 Å². The molecule has 3 N–H and O–H groups in total. The van der Waals surface area contributed by atoms with Crippen LogP contribution in [0.4, 0.5) is 9.52 Å². The lowest BCUT2D eigenvalue weighted by Gasteiger charge is -2.20. The average Bonchev–Trinajstić information content (AvgIpc) is 2.75. The fourth-order valence-corrected chi connectivity index (χ4v) is 2.59. The van der Waals surface area contributed by atoms with Crippen LogP contribution in [0, 0.1) is 5.82 Å². The van der Waals surface area contributed by atoms with Crippen molar-refractivity contribution in [2.24, 2.45) is 0 Å². The number of rotatable bonds is 6. The maximum Gasteiger partial charge on any atom is 0.180 e. The molecular weight excluding hydrogens is 301 g/mol. The minimum atomic E-state index is -0.247. The van der Waals surface area contributed by atoms with Gasteiger partial charge in [-0.1, -0.05) is 12.1 Å². The molecule has 1 aromatic carbocycles. The van der Waals surface area contributed by atoms with E-state index in [1.165, 1.54) is 23.5 Å². The van der Waals surface area contributed by atoms with Crippen LogP contribution < -0.4 is 5.73 Å². The Kier molecular flexibility index (Phi) is 6.87. The SMILES string of the molecule is Cl.Nc1ncc(CN(CCO)Cc2cccc(F)c2)s1. The third-order valence-corrected chi connectivity index (χ3v) is 3.47. The van der Waals surface area contributed by atoms with E-state index in [4.69, 9.17) is 10.8 Å². The van der Waals surface area contributed by atoms with Crippen LogP contribution in [-0.4, -0.2) is 28.1 Å². The largest absolute Gasteiger partial charge is 0.395 e. The number of aliphatic hydroxyl groups excluding tert-OH is 1. The van der Waals surface area contributed by atoms with Crippen molar-refractivity contribution in [2.45, 2.75) is 13.1 Å². The van der Waals surface area contributed by atoms with E-state index in [0.29, 0.717) is 24.8 Å². The average molecular weight is 318 g/mol. The Hall–Kier alpha value is -1.21. The molecule has 1 aromatic heterocycles. The maximum absolute atomic E-state index is 13.1. The molecule has 0 saturated heterocycles. The second-order valence-electron chi connectivity index (χ2n) is 4.23. The lowest BCUT2D eigenvalue weighted by molar-refractivity contribution is 0.185. The van der Waals surface area contributed by atoms with Gasteiger partial charge in [0.25, 0.3) is 0 Å². The van der Waals surface area contributed by atoms with Gasteiger partial charge in [-0.15, -0.1) is 23.7 Å². The number of hydrogen-bond acceptors (Lipinski definition) is 5. The highest BCUT2D eigenvalue weighted by Crippen LogP contribution is 2.18. The number of anilines is 1. The van der Waals surface area contributed by atoms with Crippen LogP contribution in [-0.2, 0) is 13.1 Å². The van der Waals surface area contributed by atoms with Crippen LogP contribution >= 0.6 is 23.7 Å². The van der Waals surface area contributed by atoms with Crippen LogP contribution in [0.15, 0.2) is 30.5 Å². The van der Waals surface area contributed by atoms with E-state index in [2.05, 4.69) is 4.98 Å². The van der Waals surface area contributed by atoms with E-state index < -0.39 is 0 Å². The normalized spacial score (nSPS) is 10.6. The Morgan fingerprint density at radius 3 is 2.75 bits per heavy atom. The molecule has 2 aromatic rings. The van der Waals surface area contributed by atoms with E-state index in [0.717, 1.165) is 10.4 Å². The molecule has 0 saturated carbocycles. The number of nitrogens with zero attached hydrogens (tertiary/aromatic N) is 2. The minimum absolute atomic E-state index is 0. The number of thiazole rings is 1. The molecule has 7 heteroatoms. The molecule has 1 heterocycles. The van der Waals surface area contributed by atoms with Crippen molar-refractivity contribution in [3.05, 3.63) is 46.7 Å². The first-order chi connectivity index (χ1) is 9.17. The van der Waals surface area contributed by atoms with Crippen molar-refractivity contribution in [1.82, 2.24) is 9.88 Å². The van der Waals surface area contributed by atoms with Crippen molar-refractivity contribution < 1.29 is 9.50 Å². The highest BCUT2D eigenvalue weighted by Gasteiger charge is 2.09. The number of hydrogen-bond donors (Lipinski definition) is 2. The molecule has 0 amide bonds. The molecule has 4 nitrogen and oxygen atoms in total. The highest BCUT2D eigenvalue weighted by atomic mass is 35.5. The van der Waals surface area contributed by atoms with E-state index in [-0.39, 0.29) is 24.8 Å². The standard InChI is InChI=1S/C13H16FN3OS.ClH/c14-11-3-1-2-10(6-11)8-17(4-5-18)9-12-7-16-13(15)19-12;/h1-3,6-7,18H,4-5,8-9H2,(H2,15,16);1H. The third-order valence-electron chi connectivity index (χ3n) is 2.66. The third kappa shape index (κ3) is 5.05. The van der Waals surface area contributed by atoms with Gasteiger partial charge in [-0.3, -0.25) is 4.90 Å². The van der Waals surface area contributed by atoms with Gasteiger partial charge in [0, 0.05) is 30.7 Å². The zero-order valence-electron chi connectivity index (χ0n) is 10.8. The summed E-state index contributed by atoms with van der Waals surface area (Å²) in [5, 5.41) is 9.63. The number of nitrogen functional groups attached to an aromatic ring is 1. The van der Waals surface area contributed by atoms with Crippen LogP contribution in [0.2, 0.25) is 0 Å². The first-order valence-electron chi connectivity index (χ1n) is 5.95. The van der Waals surface area contributed by atoms with Crippen molar-refractivity contribution in [3.63, 3.8) is 0 Å². The number of nitrogens with two attached hydrogens (primary N) is 1. The lowest BCUT2D eigenvalue weighted by atomic mass is 10.2. The summed E-state index contributed by atoms with van der Waals surface area (Å²) in [7, 11) is 0. The molecule has 0 spiro atoms. The Labute approximate surface area is 127 Å². The molecule has 0 bridgehead atoms. The van der Waals surface area contributed by atoms with E-state index in [9.17, 15) is 4.39 Å². The van der Waals surface area contributed by atoms with Crippen LogP contribution in [0.5, 0.6) is 0 Å². The Balaban J connectivity index is 0.00000200. The van der Waals surface area contributed by atoms with Crippen molar-refractivity contribution in [2.75, 3.05) is 18.9 Å². The molecule has 0 aliphatic rings. The second kappa shape index (κ2) is 8.16. The smallest absolute Gasteiger partial charge is 0.180 e. The maximum atomic E-state index is 13.1. The van der Waals surface area contributed by atoms with Gasteiger partial charge in [0.05, 0.1) is 6.61 Å². The van der Waals surface area contributed by atoms with Crippen LogP contribution in [0.25, 0.3) is 0 Å². The monoisotopic (exact) mass is 317 g/mol. The summed E-state index contributed by atoms with van der Waals surface area (Å²) in [4.78, 5) is 7.06. The predicted molar refractivity (Wildman–Crippen MR) is 81.4 cm³/mol. The number of aromatic nitrogens is 1. The van der Waals surface area contributed by atoms with E-state index in [1.54, 1.807) is 12.3 Å². The first-order valence-corrected chi connectivity index (χ1v) is 6.77. The zero-order chi connectivity index (χ0) is 13.7. The molecule has 2 rings (SSSR count). The summed E-state index contributed by atoms with van der Waals surface area (Å²) in [6.07, 6.45) is 1.73. The van der Waals surface area contributed by atoms with Gasteiger partial charge in [-0.05, 0) is 17.7 Å². The van der Waals surface area contributed by atoms with Crippen LogP contribution in [0.1, 0.15) is 10.4 Å². The Bertz CT molecular complexity index is 538. The second-order valence-corrected chi connectivity index (χ2v) is 5.38. The van der Waals surface area contributed by atoms with Crippen molar-refractivity contribution in [1.29, 1.82) is 0 Å². The van der Waals surface area contributed by atoms with Gasteiger partial charge in [0.15, 0.2) is 5.13 Å². The fourth-order valence-electron chi connectivity index (χ4n) is 1.87. The molecular formula is C13H17ClFN3OS. The zero-order valence-corrected chi connectivity index (χ0v) is 12.5. The highest BCUT2D eigenvalue weighted by molar-refractivity contribution is 7.15. The molecule has 0 fully saturated rings. The molecule has 0 unspecified atom stereocenters. The van der Waals surface area contributed by atoms with Gasteiger partial charge in [-0.2, -0.15) is 0 Å². The topological polar surface area (TPSA) is 62.4 Å². The van der Waals surface area contributed by atoms with Gasteiger partial charge >= 0.3 is 0 Å². The Morgan fingerprint density at radius 2 is 2.15 bits per heavy atom. The summed E-state index contributed by atoms with van der Waals surface area (Å²) < 4.78 is 13.1. The number of benzene rings is 1. The summed E-state index contributed by atoms with van der Waals surface area (Å²) >= 11 is 1.42. The van der Waals surface area contributed by atoms with Gasteiger partial charge in [-0.25, -0.2) is 9.37 Å². The molecule has 0 aliphatic heterocycles. The summed E-state index contributed by atoms with van der Waals surface area (Å²) in [5.74, 6) is -0.247. The molecule has 0 radical (unpaired) electrons. The molecule has 0 aliphatic carbocycles. The van der Waals surface area contributed by atoms with E-state index >= 15 is 0 Å². The lowest BCUT2D eigenvalue weighted by Crippen LogP contribution is -2.25.